The van der Waals surface area contributed by atoms with Gasteiger partial charge in [-0.1, -0.05) is 18.2 Å². The van der Waals surface area contributed by atoms with Crippen LogP contribution in [0.5, 0.6) is 0 Å². The Morgan fingerprint density at radius 1 is 0.750 bits per heavy atom. The maximum atomic E-state index is 4.13. The lowest BCUT2D eigenvalue weighted by Gasteiger charge is -1.91. The van der Waals surface area contributed by atoms with Gasteiger partial charge in [0, 0.05) is 18.6 Å². The molecule has 3 aromatic heterocycles. The van der Waals surface area contributed by atoms with Crippen LogP contribution in [0.4, 0.5) is 0 Å². The first-order valence-corrected chi connectivity index (χ1v) is 6.22. The zero-order chi connectivity index (χ0) is 13.6. The van der Waals surface area contributed by atoms with Crippen LogP contribution in [0, 0.1) is 0 Å². The van der Waals surface area contributed by atoms with Crippen molar-refractivity contribution >= 4 is 11.0 Å². The molecule has 2 N–H and O–H groups in total. The fourth-order valence-corrected chi connectivity index (χ4v) is 1.79. The largest absolute Gasteiger partial charge is 0.345 e. The highest BCUT2D eigenvalue weighted by Crippen LogP contribution is 2.08. The summed E-state index contributed by atoms with van der Waals surface area (Å²) in [7, 11) is 0. The van der Waals surface area contributed by atoms with E-state index >= 15 is 0 Å². The molecule has 0 aliphatic heterocycles. The molecule has 0 bridgehead atoms. The molecule has 4 rings (SSSR count). The minimum Gasteiger partial charge on any atom is -0.345 e. The van der Waals surface area contributed by atoms with Crippen molar-refractivity contribution in [2.24, 2.45) is 0 Å². The second-order valence-corrected chi connectivity index (χ2v) is 4.07. The van der Waals surface area contributed by atoms with E-state index in [2.05, 4.69) is 24.9 Å². The highest BCUT2D eigenvalue weighted by Gasteiger charge is 1.96. The second-order valence-electron chi connectivity index (χ2n) is 4.07. The molecule has 0 saturated heterocycles. The van der Waals surface area contributed by atoms with Crippen molar-refractivity contribution < 1.29 is 0 Å². The van der Waals surface area contributed by atoms with Crippen LogP contribution in [0.2, 0.25) is 0 Å². The standard InChI is InChI=1S/C8H7N3.C7H6N2/c1-2-4-9-7(3-1)8-10-5-6-11-8;1-2-4-7-6(3-1)8-5-9-7/h1-6H,(H,10,11);1-5H,(H,8,9). The van der Waals surface area contributed by atoms with Crippen LogP contribution in [0.1, 0.15) is 0 Å². The molecule has 0 radical (unpaired) electrons. The maximum Gasteiger partial charge on any atom is 0.155 e. The second kappa shape index (κ2) is 5.79. The third-order valence-corrected chi connectivity index (χ3v) is 2.73. The number of benzene rings is 1. The average molecular weight is 263 g/mol. The molecule has 98 valence electrons. The number of nitrogens with one attached hydrogen (secondary N) is 2. The van der Waals surface area contributed by atoms with E-state index in [0.717, 1.165) is 22.6 Å². The number of para-hydroxylation sites is 2. The van der Waals surface area contributed by atoms with E-state index in [-0.39, 0.29) is 0 Å². The molecule has 5 heteroatoms. The summed E-state index contributed by atoms with van der Waals surface area (Å²) in [4.78, 5) is 18.2. The Hall–Kier alpha value is -2.95. The minimum atomic E-state index is 0.811. The van der Waals surface area contributed by atoms with Crippen LogP contribution < -0.4 is 0 Å². The molecule has 4 aromatic rings. The van der Waals surface area contributed by atoms with Crippen molar-refractivity contribution in [2.45, 2.75) is 0 Å². The van der Waals surface area contributed by atoms with Crippen LogP contribution in [-0.2, 0) is 0 Å². The number of hydrogen-bond acceptors (Lipinski definition) is 3. The molecule has 20 heavy (non-hydrogen) atoms. The van der Waals surface area contributed by atoms with Gasteiger partial charge in [0.25, 0.3) is 0 Å². The van der Waals surface area contributed by atoms with Gasteiger partial charge in [-0.05, 0) is 24.3 Å². The van der Waals surface area contributed by atoms with E-state index in [1.165, 1.54) is 0 Å². The normalized spacial score (nSPS) is 10.0. The quantitative estimate of drug-likeness (QED) is 0.554. The molecule has 0 aliphatic carbocycles. The van der Waals surface area contributed by atoms with Crippen molar-refractivity contribution in [1.29, 1.82) is 0 Å². The van der Waals surface area contributed by atoms with Crippen molar-refractivity contribution in [3.05, 3.63) is 67.4 Å². The molecule has 0 aliphatic rings. The van der Waals surface area contributed by atoms with Crippen LogP contribution in [0.25, 0.3) is 22.6 Å². The van der Waals surface area contributed by atoms with E-state index in [0.29, 0.717) is 0 Å². The van der Waals surface area contributed by atoms with Gasteiger partial charge in [0.2, 0.25) is 0 Å². The van der Waals surface area contributed by atoms with Gasteiger partial charge in [-0.2, -0.15) is 0 Å². The van der Waals surface area contributed by atoms with E-state index < -0.39 is 0 Å². The first-order valence-electron chi connectivity index (χ1n) is 6.22. The van der Waals surface area contributed by atoms with Crippen molar-refractivity contribution in [2.75, 3.05) is 0 Å². The summed E-state index contributed by atoms with van der Waals surface area (Å²) in [5.41, 5.74) is 2.99. The van der Waals surface area contributed by atoms with Crippen LogP contribution in [0.15, 0.2) is 67.4 Å². The number of imidazole rings is 2. The van der Waals surface area contributed by atoms with Gasteiger partial charge in [0.1, 0.15) is 5.69 Å². The molecule has 0 unspecified atom stereocenters. The van der Waals surface area contributed by atoms with E-state index in [1.54, 1.807) is 24.9 Å². The summed E-state index contributed by atoms with van der Waals surface area (Å²) in [6, 6.07) is 13.7. The Labute approximate surface area is 115 Å². The first kappa shape index (κ1) is 12.1. The lowest BCUT2D eigenvalue weighted by Crippen LogP contribution is -1.82. The lowest BCUT2D eigenvalue weighted by molar-refractivity contribution is 1.22. The molecule has 0 atom stereocenters. The monoisotopic (exact) mass is 263 g/mol. The number of nitrogens with zero attached hydrogens (tertiary/aromatic N) is 3. The summed E-state index contributed by atoms with van der Waals surface area (Å²) < 4.78 is 0. The Morgan fingerprint density at radius 3 is 2.40 bits per heavy atom. The molecular formula is C15H13N5. The SMILES string of the molecule is c1ccc(-c2ncc[nH]2)nc1.c1ccc2[nH]cnc2c1. The number of hydrogen-bond donors (Lipinski definition) is 2. The third-order valence-electron chi connectivity index (χ3n) is 2.73. The van der Waals surface area contributed by atoms with Gasteiger partial charge in [0.15, 0.2) is 5.82 Å². The van der Waals surface area contributed by atoms with Gasteiger partial charge < -0.3 is 9.97 Å². The molecule has 0 fully saturated rings. The number of aromatic nitrogens is 5. The Morgan fingerprint density at radius 2 is 1.65 bits per heavy atom. The summed E-state index contributed by atoms with van der Waals surface area (Å²) in [5, 5.41) is 0. The van der Waals surface area contributed by atoms with Gasteiger partial charge in [-0.15, -0.1) is 0 Å². The topological polar surface area (TPSA) is 70.2 Å². The summed E-state index contributed by atoms with van der Waals surface area (Å²) in [6.45, 7) is 0. The molecule has 1 aromatic carbocycles. The Balaban J connectivity index is 0.000000123. The summed E-state index contributed by atoms with van der Waals surface area (Å²) >= 11 is 0. The summed E-state index contributed by atoms with van der Waals surface area (Å²) in [5.74, 6) is 0.811. The van der Waals surface area contributed by atoms with Gasteiger partial charge in [0.05, 0.1) is 17.4 Å². The molecular weight excluding hydrogens is 250 g/mol. The molecule has 0 amide bonds. The van der Waals surface area contributed by atoms with E-state index in [9.17, 15) is 0 Å². The predicted molar refractivity (Wildman–Crippen MR) is 77.9 cm³/mol. The number of rotatable bonds is 1. The van der Waals surface area contributed by atoms with Crippen molar-refractivity contribution in [3.63, 3.8) is 0 Å². The Kier molecular flexibility index (Phi) is 3.51. The lowest BCUT2D eigenvalue weighted by atomic mass is 10.3. The fourth-order valence-electron chi connectivity index (χ4n) is 1.79. The number of pyridine rings is 1. The molecule has 5 nitrogen and oxygen atoms in total. The number of aromatic amines is 2. The minimum absolute atomic E-state index is 0.811. The van der Waals surface area contributed by atoms with Crippen LogP contribution >= 0.6 is 0 Å². The zero-order valence-corrected chi connectivity index (χ0v) is 10.7. The van der Waals surface area contributed by atoms with Gasteiger partial charge in [-0.25, -0.2) is 9.97 Å². The van der Waals surface area contributed by atoms with E-state index in [1.807, 2.05) is 42.5 Å². The first-order chi connectivity index (χ1) is 9.93. The van der Waals surface area contributed by atoms with Gasteiger partial charge >= 0.3 is 0 Å². The zero-order valence-electron chi connectivity index (χ0n) is 10.7. The van der Waals surface area contributed by atoms with E-state index in [4.69, 9.17) is 0 Å². The number of fused-ring (bicyclic) bond motifs is 1. The Bertz CT molecular complexity index is 729. The fraction of sp³-hybridized carbons (Fsp3) is 0. The van der Waals surface area contributed by atoms with Crippen LogP contribution in [0.3, 0.4) is 0 Å². The predicted octanol–water partition coefficient (Wildman–Crippen LogP) is 3.03. The highest BCUT2D eigenvalue weighted by molar-refractivity contribution is 5.73. The van der Waals surface area contributed by atoms with Crippen molar-refractivity contribution in [3.8, 4) is 11.5 Å². The third kappa shape index (κ3) is 2.72. The number of H-pyrrole nitrogens is 2. The molecule has 0 spiro atoms. The average Bonchev–Trinajstić information content (AvgIpc) is 3.20. The van der Waals surface area contributed by atoms with Crippen LogP contribution in [-0.4, -0.2) is 24.9 Å². The van der Waals surface area contributed by atoms with Gasteiger partial charge in [-0.3, -0.25) is 4.98 Å². The maximum absolute atomic E-state index is 4.13. The molecule has 3 heterocycles. The van der Waals surface area contributed by atoms with Crippen molar-refractivity contribution in [1.82, 2.24) is 24.9 Å². The smallest absolute Gasteiger partial charge is 0.155 e. The summed E-state index contributed by atoms with van der Waals surface area (Å²) in [6.07, 6.45) is 6.94. The molecule has 0 saturated carbocycles. The highest BCUT2D eigenvalue weighted by atomic mass is 14.9.